The number of benzene rings is 1. The minimum atomic E-state index is -0.624. The highest BCUT2D eigenvalue weighted by molar-refractivity contribution is 5.87. The van der Waals surface area contributed by atoms with Gasteiger partial charge in [-0.05, 0) is 37.3 Å². The molecule has 3 saturated heterocycles. The number of esters is 1. The number of ether oxygens (including phenoxy) is 6. The molecule has 0 unspecified atom stereocenters. The van der Waals surface area contributed by atoms with Crippen molar-refractivity contribution in [1.82, 2.24) is 0 Å². The number of rotatable bonds is 4. The van der Waals surface area contributed by atoms with Crippen LogP contribution in [0.15, 0.2) is 36.4 Å². The van der Waals surface area contributed by atoms with Gasteiger partial charge >= 0.3 is 5.97 Å². The molecule has 0 radical (unpaired) electrons. The number of carbonyl (C=O) groups is 1. The third kappa shape index (κ3) is 4.44. The Bertz CT molecular complexity index is 887. The van der Waals surface area contributed by atoms with Gasteiger partial charge in [0.1, 0.15) is 12.2 Å². The molecule has 3 aliphatic heterocycles. The van der Waals surface area contributed by atoms with Crippen molar-refractivity contribution < 1.29 is 33.2 Å². The van der Waals surface area contributed by atoms with E-state index >= 15 is 0 Å². The van der Waals surface area contributed by atoms with Gasteiger partial charge < -0.3 is 28.4 Å². The molecule has 6 rings (SSSR count). The van der Waals surface area contributed by atoms with Crippen LogP contribution < -0.4 is 0 Å². The average molecular weight is 471 g/mol. The van der Waals surface area contributed by atoms with Gasteiger partial charge in [-0.1, -0.05) is 43.2 Å². The topological polar surface area (TPSA) is 72.5 Å². The van der Waals surface area contributed by atoms with Crippen LogP contribution >= 0.6 is 0 Å². The lowest BCUT2D eigenvalue weighted by atomic mass is 9.94. The maximum atomic E-state index is 12.9. The standard InChI is InChI=1S/C27H34O7/c28-21(13-12-19-10-4-1-5-11-19)30-23-22(20-18-29-26(32-20)14-6-2-7-15-26)31-25-24(23)33-27(34-25)16-8-3-9-17-27/h1,4-5,10-13,20,22-25H,2-3,6-9,14-18H2/b13-12+/t20-,22-,23+,24-,25-/m0/s1. The van der Waals surface area contributed by atoms with Crippen LogP contribution in [-0.2, 0) is 33.2 Å². The van der Waals surface area contributed by atoms with Crippen molar-refractivity contribution in [2.45, 2.75) is 106 Å². The minimum absolute atomic E-state index is 0.325. The highest BCUT2D eigenvalue weighted by Gasteiger charge is 2.62. The molecule has 1 aromatic rings. The van der Waals surface area contributed by atoms with E-state index in [0.29, 0.717) is 6.61 Å². The second kappa shape index (κ2) is 9.36. The first kappa shape index (κ1) is 22.7. The molecule has 7 nitrogen and oxygen atoms in total. The molecular formula is C27H34O7. The zero-order chi connectivity index (χ0) is 23.0. The normalized spacial score (nSPS) is 36.3. The van der Waals surface area contributed by atoms with E-state index in [0.717, 1.165) is 56.9 Å². The van der Waals surface area contributed by atoms with E-state index in [-0.39, 0.29) is 6.10 Å². The van der Waals surface area contributed by atoms with Crippen LogP contribution in [0.2, 0.25) is 0 Å². The fourth-order valence-corrected chi connectivity index (χ4v) is 6.11. The van der Waals surface area contributed by atoms with E-state index in [1.54, 1.807) is 6.08 Å². The van der Waals surface area contributed by atoms with Crippen molar-refractivity contribution in [3.05, 3.63) is 42.0 Å². The fourth-order valence-electron chi connectivity index (χ4n) is 6.11. The third-order valence-electron chi connectivity index (χ3n) is 7.83. The lowest BCUT2D eigenvalue weighted by Gasteiger charge is -2.35. The van der Waals surface area contributed by atoms with Crippen LogP contribution in [0.4, 0.5) is 0 Å². The summed E-state index contributed by atoms with van der Waals surface area (Å²) in [6.45, 7) is 0.420. The molecule has 7 heteroatoms. The zero-order valence-electron chi connectivity index (χ0n) is 19.6. The monoisotopic (exact) mass is 470 g/mol. The van der Waals surface area contributed by atoms with E-state index in [1.165, 1.54) is 18.9 Å². The van der Waals surface area contributed by atoms with Gasteiger partial charge in [0.05, 0.1) is 6.61 Å². The molecule has 0 N–H and O–H groups in total. The summed E-state index contributed by atoms with van der Waals surface area (Å²) in [4.78, 5) is 12.9. The number of hydrogen-bond acceptors (Lipinski definition) is 7. The third-order valence-corrected chi connectivity index (χ3v) is 7.83. The van der Waals surface area contributed by atoms with Gasteiger partial charge in [0.25, 0.3) is 0 Å². The molecule has 2 spiro atoms. The second-order valence-electron chi connectivity index (χ2n) is 10.2. The van der Waals surface area contributed by atoms with Gasteiger partial charge in [0.15, 0.2) is 30.1 Å². The largest absolute Gasteiger partial charge is 0.453 e. The summed E-state index contributed by atoms with van der Waals surface area (Å²) < 4.78 is 37.8. The molecule has 2 saturated carbocycles. The average Bonchev–Trinajstić information content (AvgIpc) is 3.52. The predicted molar refractivity (Wildman–Crippen MR) is 122 cm³/mol. The summed E-state index contributed by atoms with van der Waals surface area (Å²) in [5, 5.41) is 0. The minimum Gasteiger partial charge on any atom is -0.453 e. The van der Waals surface area contributed by atoms with Gasteiger partial charge in [-0.3, -0.25) is 0 Å². The Labute approximate surface area is 200 Å². The fraction of sp³-hybridized carbons (Fsp3) is 0.667. The van der Waals surface area contributed by atoms with Crippen LogP contribution in [0.1, 0.15) is 69.8 Å². The lowest BCUT2D eigenvalue weighted by Crippen LogP contribution is -2.46. The quantitative estimate of drug-likeness (QED) is 0.474. The summed E-state index contributed by atoms with van der Waals surface area (Å²) in [6.07, 6.45) is 10.9. The molecule has 0 bridgehead atoms. The summed E-state index contributed by atoms with van der Waals surface area (Å²) in [5.74, 6) is -1.58. The highest BCUT2D eigenvalue weighted by atomic mass is 16.9. The Balaban J connectivity index is 1.19. The Morgan fingerprint density at radius 1 is 0.853 bits per heavy atom. The Kier molecular flexibility index (Phi) is 6.24. The molecule has 2 aliphatic carbocycles. The van der Waals surface area contributed by atoms with Crippen molar-refractivity contribution in [3.8, 4) is 0 Å². The van der Waals surface area contributed by atoms with E-state index in [4.69, 9.17) is 28.4 Å². The van der Waals surface area contributed by atoms with Crippen molar-refractivity contribution in [2.75, 3.05) is 6.61 Å². The van der Waals surface area contributed by atoms with Gasteiger partial charge in [-0.2, -0.15) is 0 Å². The zero-order valence-corrected chi connectivity index (χ0v) is 19.6. The molecule has 5 aliphatic rings. The SMILES string of the molecule is O=C(/C=C/c1ccccc1)O[C@H]1[C@@H]2OC3(CCCCC3)O[C@@H]2O[C@H]1[C@@H]1COC2(CCCCC2)O1. The molecule has 1 aromatic carbocycles. The van der Waals surface area contributed by atoms with E-state index < -0.39 is 42.1 Å². The number of carbonyl (C=O) groups excluding carboxylic acids is 1. The Hall–Kier alpha value is -1.77. The van der Waals surface area contributed by atoms with Gasteiger partial charge in [0, 0.05) is 31.8 Å². The molecule has 0 aromatic heterocycles. The van der Waals surface area contributed by atoms with E-state index in [1.807, 2.05) is 30.3 Å². The first-order valence-corrected chi connectivity index (χ1v) is 12.9. The first-order valence-electron chi connectivity index (χ1n) is 12.9. The van der Waals surface area contributed by atoms with Crippen LogP contribution in [0.5, 0.6) is 0 Å². The summed E-state index contributed by atoms with van der Waals surface area (Å²) >= 11 is 0. The van der Waals surface area contributed by atoms with Crippen LogP contribution in [-0.4, -0.2) is 54.9 Å². The summed E-state index contributed by atoms with van der Waals surface area (Å²) in [6, 6.07) is 9.69. The highest BCUT2D eigenvalue weighted by Crippen LogP contribution is 2.48. The molecule has 5 atom stereocenters. The number of fused-ring (bicyclic) bond motifs is 1. The van der Waals surface area contributed by atoms with Crippen molar-refractivity contribution in [3.63, 3.8) is 0 Å². The van der Waals surface area contributed by atoms with Crippen molar-refractivity contribution >= 4 is 12.0 Å². The second-order valence-corrected chi connectivity index (χ2v) is 10.2. The van der Waals surface area contributed by atoms with Crippen LogP contribution in [0.25, 0.3) is 6.08 Å². The molecule has 3 heterocycles. The lowest BCUT2D eigenvalue weighted by molar-refractivity contribution is -0.261. The molecular weight excluding hydrogens is 436 g/mol. The van der Waals surface area contributed by atoms with Gasteiger partial charge in [-0.25, -0.2) is 4.79 Å². The van der Waals surface area contributed by atoms with Crippen LogP contribution in [0, 0.1) is 0 Å². The van der Waals surface area contributed by atoms with Crippen LogP contribution in [0.3, 0.4) is 0 Å². The predicted octanol–water partition coefficient (Wildman–Crippen LogP) is 4.49. The van der Waals surface area contributed by atoms with Crippen molar-refractivity contribution in [1.29, 1.82) is 0 Å². The van der Waals surface area contributed by atoms with Crippen molar-refractivity contribution in [2.24, 2.45) is 0 Å². The van der Waals surface area contributed by atoms with E-state index in [2.05, 4.69) is 0 Å². The first-order chi connectivity index (χ1) is 16.6. The van der Waals surface area contributed by atoms with Gasteiger partial charge in [0.2, 0.25) is 0 Å². The maximum absolute atomic E-state index is 12.9. The molecule has 34 heavy (non-hydrogen) atoms. The summed E-state index contributed by atoms with van der Waals surface area (Å²) in [7, 11) is 0. The molecule has 0 amide bonds. The number of hydrogen-bond donors (Lipinski definition) is 0. The summed E-state index contributed by atoms with van der Waals surface area (Å²) in [5.41, 5.74) is 0.935. The maximum Gasteiger partial charge on any atom is 0.331 e. The Morgan fingerprint density at radius 3 is 2.29 bits per heavy atom. The molecule has 5 fully saturated rings. The van der Waals surface area contributed by atoms with E-state index in [9.17, 15) is 4.79 Å². The Morgan fingerprint density at radius 2 is 1.56 bits per heavy atom. The van der Waals surface area contributed by atoms with Gasteiger partial charge in [-0.15, -0.1) is 0 Å². The smallest absolute Gasteiger partial charge is 0.331 e. The molecule has 184 valence electrons.